The summed E-state index contributed by atoms with van der Waals surface area (Å²) >= 11 is 0. The predicted octanol–water partition coefficient (Wildman–Crippen LogP) is 4.22. The quantitative estimate of drug-likeness (QED) is 0.700. The number of imidazole rings is 1. The lowest BCUT2D eigenvalue weighted by atomic mass is 9.91. The normalized spacial score (nSPS) is 17.3. The first kappa shape index (κ1) is 25.1. The van der Waals surface area contributed by atoms with Gasteiger partial charge in [-0.25, -0.2) is 13.4 Å². The smallest absolute Gasteiger partial charge is 0.205 e. The van der Waals surface area contributed by atoms with E-state index in [0.29, 0.717) is 11.4 Å². The van der Waals surface area contributed by atoms with Gasteiger partial charge in [0.25, 0.3) is 0 Å². The summed E-state index contributed by atoms with van der Waals surface area (Å²) in [6, 6.07) is 5.06. The first-order chi connectivity index (χ1) is 13.5. The van der Waals surface area contributed by atoms with Gasteiger partial charge in [-0.1, -0.05) is 34.6 Å². The number of aliphatic hydroxyl groups is 1. The highest BCUT2D eigenvalue weighted by Crippen LogP contribution is 2.29. The van der Waals surface area contributed by atoms with Crippen LogP contribution in [-0.4, -0.2) is 41.7 Å². The van der Waals surface area contributed by atoms with Crippen LogP contribution in [0.2, 0.25) is 0 Å². The third-order valence-electron chi connectivity index (χ3n) is 5.49. The fourth-order valence-electron chi connectivity index (χ4n) is 3.83. The molecule has 1 aromatic carbocycles. The maximum absolute atomic E-state index is 12.8. The molecule has 0 amide bonds. The van der Waals surface area contributed by atoms with E-state index in [0.717, 1.165) is 50.4 Å². The molecule has 0 aliphatic carbocycles. The van der Waals surface area contributed by atoms with Crippen LogP contribution >= 0.6 is 12.4 Å². The topological polar surface area (TPSA) is 81.4 Å². The summed E-state index contributed by atoms with van der Waals surface area (Å²) in [5.41, 5.74) is 0.276. The first-order valence-corrected chi connectivity index (χ1v) is 12.0. The number of nitrogens with zero attached hydrogens (tertiary/aromatic N) is 2. The molecule has 170 valence electrons. The zero-order valence-electron chi connectivity index (χ0n) is 18.6. The maximum atomic E-state index is 12.8. The zero-order valence-corrected chi connectivity index (χ0v) is 20.2. The van der Waals surface area contributed by atoms with Crippen molar-refractivity contribution in [1.29, 1.82) is 0 Å². The molecule has 3 rings (SSSR count). The van der Waals surface area contributed by atoms with E-state index in [2.05, 4.69) is 25.3 Å². The van der Waals surface area contributed by atoms with Crippen molar-refractivity contribution in [3.05, 3.63) is 24.0 Å². The molecule has 0 saturated carbocycles. The lowest BCUT2D eigenvalue weighted by Crippen LogP contribution is -2.26. The fraction of sp³-hybridized carbons (Fsp3) is 0.682. The van der Waals surface area contributed by atoms with Crippen LogP contribution in [-0.2, 0) is 27.5 Å². The van der Waals surface area contributed by atoms with Crippen LogP contribution in [0.15, 0.2) is 23.1 Å². The van der Waals surface area contributed by atoms with Gasteiger partial charge in [0.05, 0.1) is 15.9 Å². The van der Waals surface area contributed by atoms with E-state index in [9.17, 15) is 13.5 Å². The third-order valence-corrected chi connectivity index (χ3v) is 7.58. The summed E-state index contributed by atoms with van der Waals surface area (Å²) in [7, 11) is -3.81. The van der Waals surface area contributed by atoms with E-state index < -0.39 is 15.3 Å². The number of hydrogen-bond acceptors (Lipinski definition) is 5. The Bertz CT molecular complexity index is 957. The number of aliphatic hydroxyl groups excluding tert-OH is 1. The minimum absolute atomic E-state index is 0. The van der Waals surface area contributed by atoms with Gasteiger partial charge in [-0.05, 0) is 48.3 Å². The summed E-state index contributed by atoms with van der Waals surface area (Å²) < 4.78 is 33.3. The van der Waals surface area contributed by atoms with Crippen LogP contribution < -0.4 is 0 Å². The van der Waals surface area contributed by atoms with E-state index in [1.807, 2.05) is 6.07 Å². The second-order valence-corrected chi connectivity index (χ2v) is 11.8. The highest BCUT2D eigenvalue weighted by Gasteiger charge is 2.29. The molecule has 1 aliphatic rings. The molecule has 1 unspecified atom stereocenters. The molecule has 30 heavy (non-hydrogen) atoms. The van der Waals surface area contributed by atoms with Crippen molar-refractivity contribution in [2.24, 2.45) is 17.3 Å². The number of rotatable bonds is 6. The maximum Gasteiger partial charge on any atom is 0.205 e. The van der Waals surface area contributed by atoms with Crippen LogP contribution in [0.5, 0.6) is 0 Å². The number of halogens is 1. The molecule has 1 aliphatic heterocycles. The van der Waals surface area contributed by atoms with E-state index in [1.54, 1.807) is 26.0 Å². The number of ether oxygens (including phenoxy) is 1. The Morgan fingerprint density at radius 1 is 1.23 bits per heavy atom. The molecule has 1 atom stereocenters. The first-order valence-electron chi connectivity index (χ1n) is 10.5. The Kier molecular flexibility index (Phi) is 8.00. The molecule has 6 nitrogen and oxygen atoms in total. The van der Waals surface area contributed by atoms with E-state index in [4.69, 9.17) is 9.72 Å². The Morgan fingerprint density at radius 2 is 1.87 bits per heavy atom. The number of hydrogen-bond donors (Lipinski definition) is 1. The molecule has 0 spiro atoms. The van der Waals surface area contributed by atoms with Crippen LogP contribution in [0.4, 0.5) is 0 Å². The van der Waals surface area contributed by atoms with Gasteiger partial charge in [-0.15, -0.1) is 12.4 Å². The number of benzene rings is 1. The molecule has 2 heterocycles. The summed E-state index contributed by atoms with van der Waals surface area (Å²) in [4.78, 5) is 4.96. The molecule has 0 radical (unpaired) electrons. The van der Waals surface area contributed by atoms with Gasteiger partial charge < -0.3 is 14.4 Å². The van der Waals surface area contributed by atoms with Crippen molar-refractivity contribution in [3.63, 3.8) is 0 Å². The lowest BCUT2D eigenvalue weighted by Gasteiger charge is -2.25. The van der Waals surface area contributed by atoms with Gasteiger partial charge in [0.1, 0.15) is 5.82 Å². The summed E-state index contributed by atoms with van der Waals surface area (Å²) in [5, 5.41) is 10.2. The minimum Gasteiger partial charge on any atom is -0.381 e. The van der Waals surface area contributed by atoms with Crippen molar-refractivity contribution in [1.82, 2.24) is 9.55 Å². The molecule has 1 fully saturated rings. The van der Waals surface area contributed by atoms with Crippen LogP contribution in [0.3, 0.4) is 0 Å². The van der Waals surface area contributed by atoms with Gasteiger partial charge >= 0.3 is 0 Å². The lowest BCUT2D eigenvalue weighted by molar-refractivity contribution is 0.0612. The molecule has 1 aromatic heterocycles. The number of sulfone groups is 1. The number of aromatic nitrogens is 2. The van der Waals surface area contributed by atoms with Crippen molar-refractivity contribution < 1.29 is 18.3 Å². The summed E-state index contributed by atoms with van der Waals surface area (Å²) in [6.07, 6.45) is 2.87. The van der Waals surface area contributed by atoms with E-state index >= 15 is 0 Å². The van der Waals surface area contributed by atoms with E-state index in [-0.39, 0.29) is 28.6 Å². The van der Waals surface area contributed by atoms with Crippen LogP contribution in [0, 0.1) is 17.3 Å². The molecule has 8 heteroatoms. The van der Waals surface area contributed by atoms with Gasteiger partial charge in [0.2, 0.25) is 9.84 Å². The van der Waals surface area contributed by atoms with Crippen molar-refractivity contribution in [3.8, 4) is 0 Å². The molecule has 1 saturated heterocycles. The van der Waals surface area contributed by atoms with Gasteiger partial charge in [-0.3, -0.25) is 0 Å². The summed E-state index contributed by atoms with van der Waals surface area (Å²) in [5.74, 6) is 1.14. The number of fused-ring (bicyclic) bond motifs is 1. The highest BCUT2D eigenvalue weighted by molar-refractivity contribution is 7.91. The average molecular weight is 459 g/mol. The Balaban J connectivity index is 0.00000320. The SMILES string of the molecule is CC(C)C(O)S(=O)(=O)c1ccc2c(c1)nc(CC(C)(C)C)n2CC1CCOCC1.Cl. The van der Waals surface area contributed by atoms with Gasteiger partial charge in [-0.2, -0.15) is 0 Å². The molecular formula is C22H35ClN2O4S. The largest absolute Gasteiger partial charge is 0.381 e. The summed E-state index contributed by atoms with van der Waals surface area (Å²) in [6.45, 7) is 12.4. The monoisotopic (exact) mass is 458 g/mol. The molecule has 1 N–H and O–H groups in total. The van der Waals surface area contributed by atoms with Crippen LogP contribution in [0.1, 0.15) is 53.3 Å². The minimum atomic E-state index is -3.81. The van der Waals surface area contributed by atoms with Crippen molar-refractivity contribution in [2.45, 2.75) is 70.8 Å². The Hall–Kier alpha value is -1.15. The van der Waals surface area contributed by atoms with Crippen molar-refractivity contribution in [2.75, 3.05) is 13.2 Å². The van der Waals surface area contributed by atoms with E-state index in [1.165, 1.54) is 0 Å². The third kappa shape index (κ3) is 5.55. The second kappa shape index (κ2) is 9.55. The van der Waals surface area contributed by atoms with Gasteiger partial charge in [0, 0.05) is 26.2 Å². The van der Waals surface area contributed by atoms with Crippen molar-refractivity contribution >= 4 is 33.3 Å². The standard InChI is InChI=1S/C22H34N2O4S.ClH/c1-15(2)21(25)29(26,27)17-6-7-19-18(12-17)23-20(13-22(3,4)5)24(19)14-16-8-10-28-11-9-16;/h6-7,12,15-16,21,25H,8-11,13-14H2,1-5H3;1H. The fourth-order valence-corrected chi connectivity index (χ4v) is 5.36. The van der Waals surface area contributed by atoms with Crippen LogP contribution in [0.25, 0.3) is 11.0 Å². The zero-order chi connectivity index (χ0) is 21.4. The molecule has 0 bridgehead atoms. The Labute approximate surface area is 186 Å². The Morgan fingerprint density at radius 3 is 2.43 bits per heavy atom. The molecule has 2 aromatic rings. The molecular weight excluding hydrogens is 424 g/mol. The highest BCUT2D eigenvalue weighted by atomic mass is 35.5. The van der Waals surface area contributed by atoms with Gasteiger partial charge in [0.15, 0.2) is 5.44 Å². The average Bonchev–Trinajstić information content (AvgIpc) is 2.96. The second-order valence-electron chi connectivity index (χ2n) is 9.76. The predicted molar refractivity (Wildman–Crippen MR) is 122 cm³/mol.